The van der Waals surface area contributed by atoms with Crippen molar-refractivity contribution in [3.8, 4) is 17.0 Å². The van der Waals surface area contributed by atoms with Crippen LogP contribution in [0.4, 0.5) is 27.3 Å². The summed E-state index contributed by atoms with van der Waals surface area (Å²) in [6.07, 6.45) is 5.39. The van der Waals surface area contributed by atoms with Crippen LogP contribution in [0.15, 0.2) is 36.8 Å². The lowest BCUT2D eigenvalue weighted by Crippen LogP contribution is -2.55. The van der Waals surface area contributed by atoms with Crippen molar-refractivity contribution in [1.82, 2.24) is 19.9 Å². The average Bonchev–Trinajstić information content (AvgIpc) is 3.69. The van der Waals surface area contributed by atoms with E-state index in [1.807, 2.05) is 6.07 Å². The van der Waals surface area contributed by atoms with Crippen LogP contribution in [-0.4, -0.2) is 58.7 Å². The highest BCUT2D eigenvalue weighted by Crippen LogP contribution is 2.38. The zero-order valence-corrected chi connectivity index (χ0v) is 21.5. The lowest BCUT2D eigenvalue weighted by atomic mass is 10.0. The van der Waals surface area contributed by atoms with Gasteiger partial charge in [-0.25, -0.2) is 19.3 Å². The molecule has 2 aromatic heterocycles. The monoisotopic (exact) mass is 511 g/mol. The van der Waals surface area contributed by atoms with Crippen LogP contribution in [0.5, 0.6) is 5.88 Å². The summed E-state index contributed by atoms with van der Waals surface area (Å²) in [6.45, 7) is 6.52. The second kappa shape index (κ2) is 10.1. The molecule has 5 rings (SSSR count). The van der Waals surface area contributed by atoms with E-state index in [0.29, 0.717) is 53.1 Å². The Labute approximate surface area is 215 Å². The van der Waals surface area contributed by atoms with Gasteiger partial charge in [0.05, 0.1) is 18.0 Å². The van der Waals surface area contributed by atoms with Crippen molar-refractivity contribution in [1.29, 1.82) is 0 Å². The number of halogens is 2. The molecule has 1 saturated carbocycles. The largest absolute Gasteiger partial charge is 0.477 e. The van der Waals surface area contributed by atoms with Crippen LogP contribution in [0, 0.1) is 11.7 Å². The summed E-state index contributed by atoms with van der Waals surface area (Å²) in [7, 11) is 2.12. The van der Waals surface area contributed by atoms with Gasteiger partial charge in [0, 0.05) is 48.6 Å². The number of pyridine rings is 1. The smallest absolute Gasteiger partial charge is 0.213 e. The molecular weight excluding hydrogens is 481 g/mol. The number of nitrogen functional groups attached to an aromatic ring is 1. The summed E-state index contributed by atoms with van der Waals surface area (Å²) in [5.74, 6) is 1.21. The molecule has 0 bridgehead atoms. The molecule has 0 amide bonds. The molecule has 190 valence electrons. The van der Waals surface area contributed by atoms with E-state index in [-0.39, 0.29) is 16.7 Å². The minimum absolute atomic E-state index is 0.157. The fraction of sp³-hybridized carbons (Fsp3) is 0.423. The van der Waals surface area contributed by atoms with Crippen molar-refractivity contribution < 1.29 is 9.13 Å². The van der Waals surface area contributed by atoms with Gasteiger partial charge in [-0.3, -0.25) is 4.90 Å². The van der Waals surface area contributed by atoms with E-state index in [4.69, 9.17) is 22.1 Å². The SMILES string of the molecule is C[C@@H]1CN(c2cc(F)c(-c3ccc(OCC4CC4)nc3)cc2Nc2ncnc(Cl)c2N)C[C@H](C)N1C. The summed E-state index contributed by atoms with van der Waals surface area (Å²) < 4.78 is 21.3. The molecule has 0 radical (unpaired) electrons. The Morgan fingerprint density at radius 1 is 1.14 bits per heavy atom. The van der Waals surface area contributed by atoms with Crippen molar-refractivity contribution in [3.05, 3.63) is 47.8 Å². The summed E-state index contributed by atoms with van der Waals surface area (Å²) in [6, 6.07) is 7.55. The van der Waals surface area contributed by atoms with Crippen molar-refractivity contribution in [3.63, 3.8) is 0 Å². The first kappa shape index (κ1) is 24.5. The first-order chi connectivity index (χ1) is 17.3. The van der Waals surface area contributed by atoms with Gasteiger partial charge in [0.25, 0.3) is 0 Å². The summed E-state index contributed by atoms with van der Waals surface area (Å²) >= 11 is 6.13. The standard InChI is InChI=1S/C26H31ClFN7O/c1-15-11-35(12-16(2)34(15)3)22-9-20(28)19(8-21(22)33-26-24(29)25(27)31-14-32-26)18-6-7-23(30-10-18)36-13-17-4-5-17/h6-10,14-17H,4-5,11-13,29H2,1-3H3,(H,31,32,33)/t15-,16+. The quantitative estimate of drug-likeness (QED) is 0.429. The second-order valence-corrected chi connectivity index (χ2v) is 10.2. The maximum Gasteiger partial charge on any atom is 0.213 e. The molecule has 1 aliphatic heterocycles. The molecule has 2 aliphatic rings. The van der Waals surface area contributed by atoms with Gasteiger partial charge in [-0.15, -0.1) is 0 Å². The molecule has 3 heterocycles. The Hall–Kier alpha value is -3.17. The number of ether oxygens (including phenoxy) is 1. The predicted octanol–water partition coefficient (Wildman–Crippen LogP) is 4.97. The molecule has 3 N–H and O–H groups in total. The molecule has 36 heavy (non-hydrogen) atoms. The minimum atomic E-state index is -0.336. The molecule has 2 atom stereocenters. The average molecular weight is 512 g/mol. The van der Waals surface area contributed by atoms with Gasteiger partial charge in [0.15, 0.2) is 11.0 Å². The zero-order valence-electron chi connectivity index (χ0n) is 20.7. The van der Waals surface area contributed by atoms with Crippen LogP contribution in [-0.2, 0) is 0 Å². The van der Waals surface area contributed by atoms with Crippen LogP contribution in [0.2, 0.25) is 5.15 Å². The van der Waals surface area contributed by atoms with Crippen LogP contribution in [0.1, 0.15) is 26.7 Å². The minimum Gasteiger partial charge on any atom is -0.477 e. The van der Waals surface area contributed by atoms with Crippen molar-refractivity contribution in [2.75, 3.05) is 42.7 Å². The summed E-state index contributed by atoms with van der Waals surface area (Å²) in [5.41, 5.74) is 8.83. The molecule has 1 aromatic carbocycles. The highest BCUT2D eigenvalue weighted by Gasteiger charge is 2.29. The molecule has 2 fully saturated rings. The first-order valence-electron chi connectivity index (χ1n) is 12.2. The summed E-state index contributed by atoms with van der Waals surface area (Å²) in [4.78, 5) is 17.1. The van der Waals surface area contributed by atoms with E-state index in [2.05, 4.69) is 51.0 Å². The lowest BCUT2D eigenvalue weighted by Gasteiger charge is -2.44. The second-order valence-electron chi connectivity index (χ2n) is 9.81. The van der Waals surface area contributed by atoms with Gasteiger partial charge in [-0.1, -0.05) is 11.6 Å². The van der Waals surface area contributed by atoms with Gasteiger partial charge in [0.2, 0.25) is 5.88 Å². The third-order valence-corrected chi connectivity index (χ3v) is 7.39. The van der Waals surface area contributed by atoms with Gasteiger partial charge in [-0.05, 0) is 57.9 Å². The Kier molecular flexibility index (Phi) is 6.85. The Morgan fingerprint density at radius 2 is 1.89 bits per heavy atom. The van der Waals surface area contributed by atoms with E-state index in [0.717, 1.165) is 18.8 Å². The van der Waals surface area contributed by atoms with Crippen LogP contribution < -0.4 is 20.7 Å². The number of hydrogen-bond acceptors (Lipinski definition) is 8. The number of nitrogens with one attached hydrogen (secondary N) is 1. The predicted molar refractivity (Wildman–Crippen MR) is 141 cm³/mol. The zero-order chi connectivity index (χ0) is 25.4. The van der Waals surface area contributed by atoms with Gasteiger partial charge in [-0.2, -0.15) is 0 Å². The van der Waals surface area contributed by atoms with Crippen molar-refractivity contribution in [2.45, 2.75) is 38.8 Å². The number of piperazine rings is 1. The molecule has 1 aliphatic carbocycles. The third kappa shape index (κ3) is 5.17. The van der Waals surface area contributed by atoms with E-state index < -0.39 is 0 Å². The topological polar surface area (TPSA) is 92.4 Å². The number of rotatable bonds is 7. The highest BCUT2D eigenvalue weighted by molar-refractivity contribution is 6.32. The van der Waals surface area contributed by atoms with Crippen LogP contribution >= 0.6 is 11.6 Å². The van der Waals surface area contributed by atoms with Crippen molar-refractivity contribution >= 4 is 34.5 Å². The van der Waals surface area contributed by atoms with E-state index in [1.54, 1.807) is 24.4 Å². The first-order valence-corrected chi connectivity index (χ1v) is 12.6. The van der Waals surface area contributed by atoms with Gasteiger partial charge in [0.1, 0.15) is 17.8 Å². The fourth-order valence-corrected chi connectivity index (χ4v) is 4.59. The molecule has 10 heteroatoms. The van der Waals surface area contributed by atoms with E-state index in [1.165, 1.54) is 19.2 Å². The van der Waals surface area contributed by atoms with Crippen molar-refractivity contribution in [2.24, 2.45) is 5.92 Å². The number of nitrogens with zero attached hydrogens (tertiary/aromatic N) is 5. The number of anilines is 4. The Balaban J connectivity index is 1.51. The van der Waals surface area contributed by atoms with Gasteiger partial charge < -0.3 is 20.7 Å². The fourth-order valence-electron chi connectivity index (χ4n) is 4.46. The maximum absolute atomic E-state index is 15.6. The normalized spacial score (nSPS) is 20.4. The van der Waals surface area contributed by atoms with Gasteiger partial charge >= 0.3 is 0 Å². The number of aromatic nitrogens is 3. The number of likely N-dealkylation sites (N-methyl/N-ethyl adjacent to an activating group) is 1. The van der Waals surface area contributed by atoms with Crippen LogP contribution in [0.3, 0.4) is 0 Å². The Morgan fingerprint density at radius 3 is 2.56 bits per heavy atom. The molecule has 3 aromatic rings. The van der Waals surface area contributed by atoms with Crippen LogP contribution in [0.25, 0.3) is 11.1 Å². The maximum atomic E-state index is 15.6. The highest BCUT2D eigenvalue weighted by atomic mass is 35.5. The Bertz CT molecular complexity index is 1230. The number of benzene rings is 1. The molecular formula is C26H31ClFN7O. The molecule has 1 saturated heterocycles. The number of hydrogen-bond donors (Lipinski definition) is 2. The molecule has 0 unspecified atom stereocenters. The lowest BCUT2D eigenvalue weighted by molar-refractivity contribution is 0.170. The number of nitrogens with two attached hydrogens (primary N) is 1. The molecule has 0 spiro atoms. The molecule has 8 nitrogen and oxygen atoms in total. The summed E-state index contributed by atoms with van der Waals surface area (Å²) in [5, 5.41) is 3.44. The van der Waals surface area contributed by atoms with E-state index >= 15 is 4.39 Å². The third-order valence-electron chi connectivity index (χ3n) is 7.09. The van der Waals surface area contributed by atoms with E-state index in [9.17, 15) is 0 Å².